The number of hydrogen-bond acceptors (Lipinski definition) is 1. The average molecular weight is 345 g/mol. The first-order chi connectivity index (χ1) is 9.44. The maximum Gasteiger partial charge on any atom is 0.0656 e. The van der Waals surface area contributed by atoms with Crippen LogP contribution in [0.2, 0.25) is 0 Å². The Kier molecular flexibility index (Phi) is 5.62. The molecular formula is C18H33BrO. The Balaban J connectivity index is 2.03. The Labute approximate surface area is 134 Å². The average Bonchev–Trinajstić information content (AvgIpc) is 2.39. The molecule has 2 rings (SSSR count). The first-order valence-electron chi connectivity index (χ1n) is 8.74. The Morgan fingerprint density at radius 2 is 1.80 bits per heavy atom. The van der Waals surface area contributed by atoms with Gasteiger partial charge in [-0.3, -0.25) is 0 Å². The lowest BCUT2D eigenvalue weighted by Gasteiger charge is -2.55. The van der Waals surface area contributed by atoms with Crippen molar-refractivity contribution in [3.8, 4) is 0 Å². The van der Waals surface area contributed by atoms with Crippen molar-refractivity contribution < 1.29 is 4.74 Å². The van der Waals surface area contributed by atoms with Crippen molar-refractivity contribution in [2.75, 3.05) is 0 Å². The highest BCUT2D eigenvalue weighted by Crippen LogP contribution is 2.54. The van der Waals surface area contributed by atoms with Crippen LogP contribution in [0.1, 0.15) is 73.1 Å². The molecule has 1 nitrogen and oxygen atoms in total. The molecule has 20 heavy (non-hydrogen) atoms. The fourth-order valence-corrected chi connectivity index (χ4v) is 5.80. The van der Waals surface area contributed by atoms with Crippen LogP contribution < -0.4 is 0 Å². The third-order valence-electron chi connectivity index (χ3n) is 6.30. The van der Waals surface area contributed by atoms with E-state index in [0.29, 0.717) is 22.5 Å². The van der Waals surface area contributed by atoms with E-state index in [4.69, 9.17) is 4.74 Å². The Morgan fingerprint density at radius 3 is 2.30 bits per heavy atom. The highest BCUT2D eigenvalue weighted by Gasteiger charge is 2.53. The molecule has 0 radical (unpaired) electrons. The van der Waals surface area contributed by atoms with Gasteiger partial charge in [0.1, 0.15) is 0 Å². The maximum absolute atomic E-state index is 6.71. The molecule has 0 aromatic rings. The van der Waals surface area contributed by atoms with E-state index in [9.17, 15) is 0 Å². The molecule has 2 fully saturated rings. The van der Waals surface area contributed by atoms with Gasteiger partial charge in [0, 0.05) is 10.2 Å². The standard InChI is InChI=1S/C18H33BrO/c1-6-18(7-2)16(19)11-17(18)20-15-10-13(5)8-9-14(15)12(3)4/h12-17H,6-11H2,1-5H3. The van der Waals surface area contributed by atoms with Crippen molar-refractivity contribution >= 4 is 15.9 Å². The molecule has 0 bridgehead atoms. The summed E-state index contributed by atoms with van der Waals surface area (Å²) in [6.07, 6.45) is 8.69. The van der Waals surface area contributed by atoms with Gasteiger partial charge >= 0.3 is 0 Å². The number of alkyl halides is 1. The molecule has 2 heteroatoms. The van der Waals surface area contributed by atoms with Crippen molar-refractivity contribution in [2.45, 2.75) is 90.2 Å². The van der Waals surface area contributed by atoms with Crippen molar-refractivity contribution in [3.63, 3.8) is 0 Å². The number of ether oxygens (including phenoxy) is 1. The first-order valence-corrected chi connectivity index (χ1v) is 9.65. The van der Waals surface area contributed by atoms with Gasteiger partial charge in [0.15, 0.2) is 0 Å². The quantitative estimate of drug-likeness (QED) is 0.572. The lowest BCUT2D eigenvalue weighted by atomic mass is 9.62. The summed E-state index contributed by atoms with van der Waals surface area (Å²) in [6.45, 7) is 11.8. The summed E-state index contributed by atoms with van der Waals surface area (Å²) in [7, 11) is 0. The zero-order chi connectivity index (χ0) is 14.9. The van der Waals surface area contributed by atoms with Gasteiger partial charge < -0.3 is 4.74 Å². The number of hydrogen-bond donors (Lipinski definition) is 0. The van der Waals surface area contributed by atoms with Gasteiger partial charge in [-0.1, -0.05) is 57.0 Å². The molecule has 0 heterocycles. The number of halogens is 1. The van der Waals surface area contributed by atoms with Gasteiger partial charge in [-0.2, -0.15) is 0 Å². The van der Waals surface area contributed by atoms with E-state index >= 15 is 0 Å². The predicted octanol–water partition coefficient (Wildman–Crippen LogP) is 5.81. The molecule has 0 N–H and O–H groups in total. The minimum Gasteiger partial charge on any atom is -0.374 e. The normalized spacial score (nSPS) is 40.6. The van der Waals surface area contributed by atoms with Crippen LogP contribution in [0.3, 0.4) is 0 Å². The third-order valence-corrected chi connectivity index (χ3v) is 7.59. The molecule has 118 valence electrons. The van der Waals surface area contributed by atoms with Crippen molar-refractivity contribution in [3.05, 3.63) is 0 Å². The second-order valence-electron chi connectivity index (χ2n) is 7.63. The Hall–Kier alpha value is 0.440. The molecule has 0 amide bonds. The summed E-state index contributed by atoms with van der Waals surface area (Å²) in [4.78, 5) is 0.661. The van der Waals surface area contributed by atoms with Crippen LogP contribution in [0.25, 0.3) is 0 Å². The fraction of sp³-hybridized carbons (Fsp3) is 1.00. The third kappa shape index (κ3) is 2.97. The fourth-order valence-electron chi connectivity index (χ4n) is 4.52. The molecule has 2 saturated carbocycles. The van der Waals surface area contributed by atoms with Crippen LogP contribution in [0.4, 0.5) is 0 Å². The molecule has 5 atom stereocenters. The Bertz CT molecular complexity index is 311. The summed E-state index contributed by atoms with van der Waals surface area (Å²) in [5.41, 5.74) is 0.391. The minimum absolute atomic E-state index is 0.391. The minimum atomic E-state index is 0.391. The van der Waals surface area contributed by atoms with Crippen LogP contribution in [0.5, 0.6) is 0 Å². The summed E-state index contributed by atoms with van der Waals surface area (Å²) in [6, 6.07) is 0. The lowest BCUT2D eigenvalue weighted by Crippen LogP contribution is -2.57. The highest BCUT2D eigenvalue weighted by molar-refractivity contribution is 9.09. The summed E-state index contributed by atoms with van der Waals surface area (Å²) < 4.78 is 6.71. The van der Waals surface area contributed by atoms with Crippen molar-refractivity contribution in [1.82, 2.24) is 0 Å². The van der Waals surface area contributed by atoms with E-state index in [1.165, 1.54) is 38.5 Å². The zero-order valence-electron chi connectivity index (χ0n) is 14.0. The number of rotatable bonds is 5. The SMILES string of the molecule is CCC1(CC)C(Br)CC1OC1CC(C)CCC1C(C)C. The summed E-state index contributed by atoms with van der Waals surface area (Å²) in [5.74, 6) is 2.37. The molecule has 5 unspecified atom stereocenters. The van der Waals surface area contributed by atoms with Gasteiger partial charge in [0.2, 0.25) is 0 Å². The summed E-state index contributed by atoms with van der Waals surface area (Å²) >= 11 is 3.89. The predicted molar refractivity (Wildman–Crippen MR) is 90.4 cm³/mol. The second kappa shape index (κ2) is 6.69. The van der Waals surface area contributed by atoms with Crippen LogP contribution >= 0.6 is 15.9 Å². The maximum atomic E-state index is 6.71. The van der Waals surface area contributed by atoms with E-state index < -0.39 is 0 Å². The van der Waals surface area contributed by atoms with Crippen molar-refractivity contribution in [1.29, 1.82) is 0 Å². The molecule has 0 spiro atoms. The zero-order valence-corrected chi connectivity index (χ0v) is 15.6. The Morgan fingerprint density at radius 1 is 1.15 bits per heavy atom. The van der Waals surface area contributed by atoms with Crippen LogP contribution in [-0.4, -0.2) is 17.0 Å². The van der Waals surface area contributed by atoms with Gasteiger partial charge in [-0.25, -0.2) is 0 Å². The first kappa shape index (κ1) is 16.8. The molecule has 2 aliphatic carbocycles. The van der Waals surface area contributed by atoms with Gasteiger partial charge in [0.05, 0.1) is 12.2 Å². The van der Waals surface area contributed by atoms with Gasteiger partial charge in [-0.05, 0) is 49.9 Å². The molecule has 0 aliphatic heterocycles. The largest absolute Gasteiger partial charge is 0.374 e. The van der Waals surface area contributed by atoms with Crippen molar-refractivity contribution in [2.24, 2.45) is 23.2 Å². The van der Waals surface area contributed by atoms with E-state index in [1.807, 2.05) is 0 Å². The van der Waals surface area contributed by atoms with Gasteiger partial charge in [-0.15, -0.1) is 0 Å². The van der Waals surface area contributed by atoms with E-state index in [2.05, 4.69) is 50.5 Å². The van der Waals surface area contributed by atoms with Crippen LogP contribution in [0.15, 0.2) is 0 Å². The van der Waals surface area contributed by atoms with E-state index in [-0.39, 0.29) is 0 Å². The van der Waals surface area contributed by atoms with Crippen LogP contribution in [0, 0.1) is 23.2 Å². The van der Waals surface area contributed by atoms with E-state index in [0.717, 1.165) is 17.8 Å². The second-order valence-corrected chi connectivity index (χ2v) is 8.74. The lowest BCUT2D eigenvalue weighted by molar-refractivity contribution is -0.169. The smallest absolute Gasteiger partial charge is 0.0656 e. The van der Waals surface area contributed by atoms with Gasteiger partial charge in [0.25, 0.3) is 0 Å². The summed E-state index contributed by atoms with van der Waals surface area (Å²) in [5, 5.41) is 0. The topological polar surface area (TPSA) is 9.23 Å². The molecule has 0 aromatic carbocycles. The van der Waals surface area contributed by atoms with Crippen LogP contribution in [-0.2, 0) is 4.74 Å². The molecule has 0 aromatic heterocycles. The molecular weight excluding hydrogens is 312 g/mol. The molecule has 0 saturated heterocycles. The highest BCUT2D eigenvalue weighted by atomic mass is 79.9. The monoisotopic (exact) mass is 344 g/mol. The molecule has 2 aliphatic rings. The van der Waals surface area contributed by atoms with E-state index in [1.54, 1.807) is 0 Å².